The van der Waals surface area contributed by atoms with Crippen molar-refractivity contribution in [1.82, 2.24) is 0 Å². The van der Waals surface area contributed by atoms with Gasteiger partial charge in [-0.05, 0) is 49.9 Å². The van der Waals surface area contributed by atoms with E-state index in [2.05, 4.69) is 6.07 Å². The van der Waals surface area contributed by atoms with E-state index in [1.807, 2.05) is 30.8 Å². The molecule has 1 aromatic rings. The molecule has 1 aromatic carbocycles. The first-order valence-corrected chi connectivity index (χ1v) is 7.80. The first-order chi connectivity index (χ1) is 8.65. The van der Waals surface area contributed by atoms with Crippen LogP contribution in [0.4, 0.5) is 0 Å². The van der Waals surface area contributed by atoms with Gasteiger partial charge in [0.05, 0.1) is 6.10 Å². The van der Waals surface area contributed by atoms with E-state index in [4.69, 9.17) is 22.1 Å². The van der Waals surface area contributed by atoms with Crippen LogP contribution in [0.5, 0.6) is 0 Å². The number of rotatable bonds is 5. The molecular weight excluding hydrogens is 266 g/mol. The van der Waals surface area contributed by atoms with E-state index in [0.29, 0.717) is 6.10 Å². The van der Waals surface area contributed by atoms with Crippen LogP contribution in [0.2, 0.25) is 5.02 Å². The van der Waals surface area contributed by atoms with Gasteiger partial charge in [-0.25, -0.2) is 0 Å². The molecule has 2 rings (SSSR count). The zero-order valence-electron chi connectivity index (χ0n) is 10.7. The molecule has 0 spiro atoms. The van der Waals surface area contributed by atoms with Gasteiger partial charge in [-0.15, -0.1) is 11.8 Å². The van der Waals surface area contributed by atoms with Crippen molar-refractivity contribution in [3.05, 3.63) is 28.8 Å². The van der Waals surface area contributed by atoms with Gasteiger partial charge < -0.3 is 10.5 Å². The monoisotopic (exact) mass is 285 g/mol. The van der Waals surface area contributed by atoms with Crippen LogP contribution in [0.3, 0.4) is 0 Å². The Hall–Kier alpha value is -0.220. The zero-order valence-corrected chi connectivity index (χ0v) is 12.3. The molecular formula is C14H20ClNOS. The molecule has 2 N–H and O–H groups in total. The Labute approximate surface area is 118 Å². The molecule has 2 nitrogen and oxygen atoms in total. The summed E-state index contributed by atoms with van der Waals surface area (Å²) in [5, 5.41) is 0.784. The van der Waals surface area contributed by atoms with E-state index in [9.17, 15) is 0 Å². The molecule has 1 aliphatic rings. The van der Waals surface area contributed by atoms with Crippen LogP contribution in [-0.4, -0.2) is 24.5 Å². The first-order valence-electron chi connectivity index (χ1n) is 6.43. The van der Waals surface area contributed by atoms with E-state index in [1.54, 1.807) is 0 Å². The van der Waals surface area contributed by atoms with E-state index in [-0.39, 0.29) is 6.04 Å². The second-order valence-electron chi connectivity index (χ2n) is 4.88. The minimum atomic E-state index is 0.158. The van der Waals surface area contributed by atoms with Crippen molar-refractivity contribution in [2.45, 2.75) is 43.2 Å². The quantitative estimate of drug-likeness (QED) is 0.841. The highest BCUT2D eigenvalue weighted by atomic mass is 35.5. The second kappa shape index (κ2) is 6.80. The van der Waals surface area contributed by atoms with Gasteiger partial charge in [0.2, 0.25) is 0 Å². The molecule has 18 heavy (non-hydrogen) atoms. The average Bonchev–Trinajstić information content (AvgIpc) is 2.80. The third kappa shape index (κ3) is 4.16. The van der Waals surface area contributed by atoms with Crippen molar-refractivity contribution >= 4 is 23.4 Å². The number of thioether (sulfide) groups is 1. The van der Waals surface area contributed by atoms with Crippen molar-refractivity contribution in [2.75, 3.05) is 12.4 Å². The lowest BCUT2D eigenvalue weighted by molar-refractivity contribution is 0.129. The summed E-state index contributed by atoms with van der Waals surface area (Å²) in [5.41, 5.74) is 7.14. The minimum absolute atomic E-state index is 0.158. The maximum absolute atomic E-state index is 6.05. The molecule has 2 unspecified atom stereocenters. The number of nitrogens with two attached hydrogens (primary N) is 1. The maximum atomic E-state index is 6.05. The second-order valence-corrected chi connectivity index (χ2v) is 6.38. The standard InChI is InChI=1S/C14H20ClNOS/c1-10(16)7-11-8-12(15)4-5-14(11)18-9-13-3-2-6-17-13/h4-5,8,10,13H,2-3,6-7,9,16H2,1H3. The normalized spacial score (nSPS) is 21.2. The topological polar surface area (TPSA) is 35.2 Å². The molecule has 0 amide bonds. The predicted octanol–water partition coefficient (Wildman–Crippen LogP) is 3.50. The van der Waals surface area contributed by atoms with Gasteiger partial charge in [0, 0.05) is 28.3 Å². The van der Waals surface area contributed by atoms with Gasteiger partial charge in [-0.2, -0.15) is 0 Å². The van der Waals surface area contributed by atoms with E-state index < -0.39 is 0 Å². The van der Waals surface area contributed by atoms with E-state index >= 15 is 0 Å². The van der Waals surface area contributed by atoms with Crippen molar-refractivity contribution in [1.29, 1.82) is 0 Å². The number of hydrogen-bond donors (Lipinski definition) is 1. The molecule has 0 radical (unpaired) electrons. The summed E-state index contributed by atoms with van der Waals surface area (Å²) in [6.45, 7) is 2.94. The maximum Gasteiger partial charge on any atom is 0.0669 e. The molecule has 0 aliphatic carbocycles. The predicted molar refractivity (Wildman–Crippen MR) is 78.5 cm³/mol. The zero-order chi connectivity index (χ0) is 13.0. The lowest BCUT2D eigenvalue weighted by Crippen LogP contribution is -2.18. The molecule has 0 aromatic heterocycles. The Morgan fingerprint density at radius 2 is 2.39 bits per heavy atom. The van der Waals surface area contributed by atoms with Crippen LogP contribution < -0.4 is 5.73 Å². The summed E-state index contributed by atoms with van der Waals surface area (Å²) in [6, 6.07) is 6.23. The Morgan fingerprint density at radius 3 is 3.06 bits per heavy atom. The highest BCUT2D eigenvalue weighted by Crippen LogP contribution is 2.29. The fourth-order valence-electron chi connectivity index (χ4n) is 2.15. The number of halogens is 1. The van der Waals surface area contributed by atoms with Gasteiger partial charge in [0.1, 0.15) is 0 Å². The molecule has 1 fully saturated rings. The van der Waals surface area contributed by atoms with Gasteiger partial charge in [0.15, 0.2) is 0 Å². The third-order valence-corrected chi connectivity index (χ3v) is 4.50. The van der Waals surface area contributed by atoms with Gasteiger partial charge in [-0.3, -0.25) is 0 Å². The Bertz CT molecular complexity index is 391. The SMILES string of the molecule is CC(N)Cc1cc(Cl)ccc1SCC1CCCO1. The highest BCUT2D eigenvalue weighted by Gasteiger charge is 2.16. The van der Waals surface area contributed by atoms with E-state index in [1.165, 1.54) is 23.3 Å². The summed E-state index contributed by atoms with van der Waals surface area (Å²) in [6.07, 6.45) is 3.66. The Balaban J connectivity index is 2.00. The molecule has 0 bridgehead atoms. The van der Waals surface area contributed by atoms with Gasteiger partial charge in [0.25, 0.3) is 0 Å². The fraction of sp³-hybridized carbons (Fsp3) is 0.571. The largest absolute Gasteiger partial charge is 0.377 e. The Morgan fingerprint density at radius 1 is 1.56 bits per heavy atom. The van der Waals surface area contributed by atoms with Crippen molar-refractivity contribution in [3.8, 4) is 0 Å². The molecule has 2 atom stereocenters. The molecule has 1 aliphatic heterocycles. The molecule has 1 heterocycles. The summed E-state index contributed by atoms with van der Waals surface area (Å²) >= 11 is 7.91. The number of benzene rings is 1. The minimum Gasteiger partial charge on any atom is -0.377 e. The first kappa shape index (κ1) is 14.2. The Kier molecular flexibility index (Phi) is 5.37. The van der Waals surface area contributed by atoms with Crippen molar-refractivity contribution < 1.29 is 4.74 Å². The molecule has 4 heteroatoms. The van der Waals surface area contributed by atoms with Crippen LogP contribution in [0.25, 0.3) is 0 Å². The van der Waals surface area contributed by atoms with Crippen LogP contribution in [0, 0.1) is 0 Å². The van der Waals surface area contributed by atoms with E-state index in [0.717, 1.165) is 23.8 Å². The smallest absolute Gasteiger partial charge is 0.0669 e. The lowest BCUT2D eigenvalue weighted by Gasteiger charge is -2.14. The van der Waals surface area contributed by atoms with Crippen LogP contribution in [-0.2, 0) is 11.2 Å². The van der Waals surface area contributed by atoms with Crippen LogP contribution in [0.15, 0.2) is 23.1 Å². The molecule has 100 valence electrons. The van der Waals surface area contributed by atoms with Gasteiger partial charge in [-0.1, -0.05) is 11.6 Å². The molecule has 1 saturated heterocycles. The number of hydrogen-bond acceptors (Lipinski definition) is 3. The summed E-state index contributed by atoms with van der Waals surface area (Å²) < 4.78 is 5.65. The summed E-state index contributed by atoms with van der Waals surface area (Å²) in [4.78, 5) is 1.28. The highest BCUT2D eigenvalue weighted by molar-refractivity contribution is 7.99. The van der Waals surface area contributed by atoms with Gasteiger partial charge >= 0.3 is 0 Å². The van der Waals surface area contributed by atoms with Crippen LogP contribution >= 0.6 is 23.4 Å². The summed E-state index contributed by atoms with van der Waals surface area (Å²) in [7, 11) is 0. The third-order valence-electron chi connectivity index (χ3n) is 3.01. The summed E-state index contributed by atoms with van der Waals surface area (Å²) in [5.74, 6) is 1.02. The lowest BCUT2D eigenvalue weighted by atomic mass is 10.1. The fourth-order valence-corrected chi connectivity index (χ4v) is 3.47. The van der Waals surface area contributed by atoms with Crippen molar-refractivity contribution in [2.24, 2.45) is 5.73 Å². The van der Waals surface area contributed by atoms with Crippen LogP contribution in [0.1, 0.15) is 25.3 Å². The van der Waals surface area contributed by atoms with Crippen molar-refractivity contribution in [3.63, 3.8) is 0 Å². The average molecular weight is 286 g/mol. The molecule has 0 saturated carbocycles. The number of ether oxygens (including phenoxy) is 1.